The van der Waals surface area contributed by atoms with E-state index in [-0.39, 0.29) is 23.6 Å². The number of non-ortho nitro benzene ring substituents is 1. The second-order valence-electron chi connectivity index (χ2n) is 6.57. The van der Waals surface area contributed by atoms with Crippen molar-refractivity contribution in [2.75, 3.05) is 7.11 Å². The summed E-state index contributed by atoms with van der Waals surface area (Å²) in [5.74, 6) is -0.814. The van der Waals surface area contributed by atoms with Crippen molar-refractivity contribution in [3.8, 4) is 0 Å². The molecule has 0 spiro atoms. The molecule has 2 aromatic rings. The molecule has 0 aliphatic heterocycles. The molecular weight excluding hydrogens is 436 g/mol. The van der Waals surface area contributed by atoms with Crippen LogP contribution < -0.4 is 0 Å². The van der Waals surface area contributed by atoms with E-state index >= 15 is 0 Å². The summed E-state index contributed by atoms with van der Waals surface area (Å²) in [6, 6.07) is 12.1. The van der Waals surface area contributed by atoms with Gasteiger partial charge >= 0.3 is 5.97 Å². The highest BCUT2D eigenvalue weighted by atomic mass is 32.2. The summed E-state index contributed by atoms with van der Waals surface area (Å²) in [7, 11) is -3.23. The molecule has 0 amide bonds. The minimum absolute atomic E-state index is 0.0474. The van der Waals surface area contributed by atoms with Gasteiger partial charge in [0.2, 0.25) is 10.0 Å². The molecule has 2 atom stereocenters. The van der Waals surface area contributed by atoms with Gasteiger partial charge in [0.25, 0.3) is 5.69 Å². The lowest BCUT2D eigenvalue weighted by molar-refractivity contribution is -0.384. The van der Waals surface area contributed by atoms with Crippen molar-refractivity contribution >= 4 is 21.7 Å². The Kier molecular flexibility index (Phi) is 8.82. The highest BCUT2D eigenvalue weighted by Gasteiger charge is 2.40. The van der Waals surface area contributed by atoms with E-state index in [4.69, 9.17) is 9.47 Å². The maximum absolute atomic E-state index is 13.5. The van der Waals surface area contributed by atoms with Crippen LogP contribution in [0.4, 0.5) is 5.69 Å². The lowest BCUT2D eigenvalue weighted by atomic mass is 10.2. The Hall–Kier alpha value is -3.34. The maximum Gasteiger partial charge on any atom is 0.324 e. The average molecular weight is 461 g/mol. The van der Waals surface area contributed by atoms with Crippen LogP contribution >= 0.6 is 0 Å². The van der Waals surface area contributed by atoms with Gasteiger partial charge in [-0.1, -0.05) is 43.0 Å². The predicted octanol–water partition coefficient (Wildman–Crippen LogP) is 3.43. The van der Waals surface area contributed by atoms with Gasteiger partial charge in [0, 0.05) is 12.1 Å². The molecule has 0 radical (unpaired) electrons. The first-order valence-electron chi connectivity index (χ1n) is 9.51. The van der Waals surface area contributed by atoms with E-state index in [1.807, 2.05) is 18.2 Å². The molecule has 0 bridgehead atoms. The maximum atomic E-state index is 13.5. The summed E-state index contributed by atoms with van der Waals surface area (Å²) in [5, 5.41) is 10.9. The van der Waals surface area contributed by atoms with Crippen molar-refractivity contribution in [3.05, 3.63) is 95.6 Å². The fraction of sp³-hybridized carbons (Fsp3) is 0.227. The van der Waals surface area contributed by atoms with Crippen molar-refractivity contribution in [2.24, 2.45) is 0 Å². The highest BCUT2D eigenvalue weighted by Crippen LogP contribution is 2.27. The molecule has 170 valence electrons. The zero-order valence-corrected chi connectivity index (χ0v) is 18.3. The second-order valence-corrected chi connectivity index (χ2v) is 8.42. The number of methoxy groups -OCH3 is 1. The molecule has 2 rings (SSSR count). The quantitative estimate of drug-likeness (QED) is 0.157. The van der Waals surface area contributed by atoms with Gasteiger partial charge in [-0.05, 0) is 30.2 Å². The fourth-order valence-electron chi connectivity index (χ4n) is 2.94. The fourth-order valence-corrected chi connectivity index (χ4v) is 4.59. The standard InChI is InChI=1S/C22H24N2O7S/c1-4-9-20(22(25)30-3)23(21(5-2)31-16-17-10-7-6-8-11-17)32(28,29)19-14-12-18(13-15-19)24(26)27/h4-8,10-15,20-21H,1-2,9,16H2,3H3. The largest absolute Gasteiger partial charge is 0.468 e. The molecule has 2 unspecified atom stereocenters. The number of sulfonamides is 1. The van der Waals surface area contributed by atoms with E-state index in [1.54, 1.807) is 12.1 Å². The Morgan fingerprint density at radius 2 is 1.78 bits per heavy atom. The Morgan fingerprint density at radius 3 is 2.28 bits per heavy atom. The number of nitrogens with zero attached hydrogens (tertiary/aromatic N) is 2. The van der Waals surface area contributed by atoms with Gasteiger partial charge in [-0.15, -0.1) is 6.58 Å². The molecule has 10 heteroatoms. The van der Waals surface area contributed by atoms with E-state index < -0.39 is 33.2 Å². The third kappa shape index (κ3) is 5.88. The van der Waals surface area contributed by atoms with E-state index in [2.05, 4.69) is 13.2 Å². The molecule has 0 aliphatic carbocycles. The number of carbonyl (C=O) groups is 1. The molecule has 32 heavy (non-hydrogen) atoms. The minimum atomic E-state index is -4.37. The van der Waals surface area contributed by atoms with Crippen molar-refractivity contribution in [2.45, 2.75) is 30.2 Å². The first-order chi connectivity index (χ1) is 15.3. The summed E-state index contributed by atoms with van der Waals surface area (Å²) in [6.07, 6.45) is 1.35. The number of benzene rings is 2. The third-order valence-corrected chi connectivity index (χ3v) is 6.39. The summed E-state index contributed by atoms with van der Waals surface area (Å²) in [4.78, 5) is 22.5. The molecule has 0 saturated heterocycles. The first kappa shape index (κ1) is 24.9. The van der Waals surface area contributed by atoms with Crippen LogP contribution in [0.3, 0.4) is 0 Å². The number of hydrogen-bond acceptors (Lipinski definition) is 7. The van der Waals surface area contributed by atoms with Gasteiger partial charge in [0.1, 0.15) is 12.3 Å². The van der Waals surface area contributed by atoms with Crippen LogP contribution in [0, 0.1) is 10.1 Å². The summed E-state index contributed by atoms with van der Waals surface area (Å²) < 4.78 is 38.6. The van der Waals surface area contributed by atoms with E-state index in [0.29, 0.717) is 0 Å². The molecule has 0 fully saturated rings. The minimum Gasteiger partial charge on any atom is -0.468 e. The number of nitro benzene ring substituents is 1. The summed E-state index contributed by atoms with van der Waals surface area (Å²) in [6.45, 7) is 7.31. The Labute approximate surface area is 186 Å². The monoisotopic (exact) mass is 460 g/mol. The van der Waals surface area contributed by atoms with Gasteiger partial charge in [0.05, 0.1) is 23.5 Å². The normalized spacial score (nSPS) is 13.2. The SMILES string of the molecule is C=CCC(C(=O)OC)N(C(C=C)OCc1ccccc1)S(=O)(=O)c1ccc([N+](=O)[O-])cc1. The lowest BCUT2D eigenvalue weighted by Crippen LogP contribution is -2.51. The van der Waals surface area contributed by atoms with Gasteiger partial charge in [-0.3, -0.25) is 14.9 Å². The van der Waals surface area contributed by atoms with Crippen molar-refractivity contribution < 1.29 is 27.6 Å². The van der Waals surface area contributed by atoms with E-state index in [0.717, 1.165) is 41.2 Å². The predicted molar refractivity (Wildman–Crippen MR) is 118 cm³/mol. The summed E-state index contributed by atoms with van der Waals surface area (Å²) >= 11 is 0. The van der Waals surface area contributed by atoms with Gasteiger partial charge < -0.3 is 9.47 Å². The number of ether oxygens (including phenoxy) is 2. The number of hydrogen-bond donors (Lipinski definition) is 0. The molecule has 0 saturated carbocycles. The molecule has 9 nitrogen and oxygen atoms in total. The van der Waals surface area contributed by atoms with Gasteiger partial charge in [-0.25, -0.2) is 8.42 Å². The Balaban J connectivity index is 2.51. The Bertz CT molecular complexity index is 1050. The van der Waals surface area contributed by atoms with Crippen LogP contribution in [-0.2, 0) is 30.9 Å². The number of esters is 1. The molecule has 0 aromatic heterocycles. The van der Waals surface area contributed by atoms with Gasteiger partial charge in [-0.2, -0.15) is 4.31 Å². The van der Waals surface area contributed by atoms with Crippen molar-refractivity contribution in [1.29, 1.82) is 0 Å². The smallest absolute Gasteiger partial charge is 0.324 e. The Morgan fingerprint density at radius 1 is 1.16 bits per heavy atom. The van der Waals surface area contributed by atoms with Crippen LogP contribution in [0.1, 0.15) is 12.0 Å². The first-order valence-corrected chi connectivity index (χ1v) is 10.9. The van der Waals surface area contributed by atoms with Crippen LogP contribution in [0.5, 0.6) is 0 Å². The molecule has 2 aromatic carbocycles. The van der Waals surface area contributed by atoms with Crippen LogP contribution in [-0.4, -0.2) is 43.0 Å². The second kappa shape index (κ2) is 11.3. The molecule has 0 N–H and O–H groups in total. The van der Waals surface area contributed by atoms with Crippen molar-refractivity contribution in [1.82, 2.24) is 4.31 Å². The number of carbonyl (C=O) groups excluding carboxylic acids is 1. The molecule has 0 heterocycles. The van der Waals surface area contributed by atoms with Crippen LogP contribution in [0.2, 0.25) is 0 Å². The van der Waals surface area contributed by atoms with Gasteiger partial charge in [0.15, 0.2) is 0 Å². The van der Waals surface area contributed by atoms with E-state index in [9.17, 15) is 23.3 Å². The van der Waals surface area contributed by atoms with Crippen molar-refractivity contribution in [3.63, 3.8) is 0 Å². The van der Waals surface area contributed by atoms with Crippen LogP contribution in [0.25, 0.3) is 0 Å². The number of nitro groups is 1. The summed E-state index contributed by atoms with van der Waals surface area (Å²) in [5.41, 5.74) is 0.511. The third-order valence-electron chi connectivity index (χ3n) is 4.51. The van der Waals surface area contributed by atoms with E-state index in [1.165, 1.54) is 12.2 Å². The van der Waals surface area contributed by atoms with Crippen LogP contribution in [0.15, 0.2) is 84.8 Å². The zero-order valence-electron chi connectivity index (χ0n) is 17.5. The highest BCUT2D eigenvalue weighted by molar-refractivity contribution is 7.89. The zero-order chi connectivity index (χ0) is 23.7. The number of rotatable bonds is 12. The topological polar surface area (TPSA) is 116 Å². The molecule has 0 aliphatic rings. The average Bonchev–Trinajstić information content (AvgIpc) is 2.80. The molecular formula is C22H24N2O7S. The lowest BCUT2D eigenvalue weighted by Gasteiger charge is -2.33.